The topological polar surface area (TPSA) is 71.3 Å². The lowest BCUT2D eigenvalue weighted by Gasteiger charge is -2.14. The fourth-order valence-corrected chi connectivity index (χ4v) is 3.76. The van der Waals surface area contributed by atoms with Crippen molar-refractivity contribution in [3.8, 4) is 17.6 Å². The summed E-state index contributed by atoms with van der Waals surface area (Å²) in [6.45, 7) is 2.43. The minimum absolute atomic E-state index is 0.0360. The van der Waals surface area contributed by atoms with E-state index in [1.807, 2.05) is 43.3 Å². The summed E-state index contributed by atoms with van der Waals surface area (Å²) in [4.78, 5) is 12.5. The van der Waals surface area contributed by atoms with Gasteiger partial charge >= 0.3 is 0 Å². The summed E-state index contributed by atoms with van der Waals surface area (Å²) in [5, 5.41) is 12.8. The van der Waals surface area contributed by atoms with Gasteiger partial charge in [-0.3, -0.25) is 4.79 Å². The van der Waals surface area contributed by atoms with Gasteiger partial charge in [-0.15, -0.1) is 0 Å². The first-order chi connectivity index (χ1) is 15.4. The van der Waals surface area contributed by atoms with Gasteiger partial charge in [-0.05, 0) is 83.1 Å². The van der Waals surface area contributed by atoms with Crippen LogP contribution in [-0.2, 0) is 11.4 Å². The van der Waals surface area contributed by atoms with Crippen LogP contribution in [0, 0.1) is 21.8 Å². The second-order valence-corrected chi connectivity index (χ2v) is 8.54. The van der Waals surface area contributed by atoms with Crippen LogP contribution in [0.1, 0.15) is 16.7 Å². The molecule has 0 radical (unpaired) electrons. The molecule has 0 fully saturated rings. The molecule has 0 aliphatic rings. The first kappa shape index (κ1) is 23.6. The molecule has 0 heterocycles. The number of carbonyl (C=O) groups excluding carboxylic acids is 1. The lowest BCUT2D eigenvalue weighted by molar-refractivity contribution is -0.112. The second kappa shape index (κ2) is 11.0. The maximum absolute atomic E-state index is 12.5. The molecule has 0 atom stereocenters. The Kier molecular flexibility index (Phi) is 8.14. The monoisotopic (exact) mass is 558 g/mol. The zero-order valence-corrected chi connectivity index (χ0v) is 20.4. The second-order valence-electron chi connectivity index (χ2n) is 6.94. The molecule has 3 aromatic rings. The highest BCUT2D eigenvalue weighted by molar-refractivity contribution is 14.1. The van der Waals surface area contributed by atoms with Gasteiger partial charge in [-0.1, -0.05) is 41.4 Å². The number of carbonyl (C=O) groups is 1. The summed E-state index contributed by atoms with van der Waals surface area (Å²) in [7, 11) is 1.55. The third-order valence-electron chi connectivity index (χ3n) is 4.53. The highest BCUT2D eigenvalue weighted by atomic mass is 127. The van der Waals surface area contributed by atoms with Crippen molar-refractivity contribution in [1.82, 2.24) is 0 Å². The Morgan fingerprint density at radius 2 is 1.84 bits per heavy atom. The number of benzene rings is 3. The standard InChI is InChI=1S/C25H20ClIN2O3/c1-16-3-5-17(6-4-16)15-32-24-22(27)12-18(13-23(24)31-2)11-19(14-28)25(30)29-21-9-7-20(26)8-10-21/h3-13H,15H2,1-2H3,(H,29,30)/b19-11-. The Hall–Kier alpha value is -3.02. The van der Waals surface area contributed by atoms with Crippen LogP contribution in [0.2, 0.25) is 5.02 Å². The van der Waals surface area contributed by atoms with Crippen molar-refractivity contribution in [2.24, 2.45) is 0 Å². The highest BCUT2D eigenvalue weighted by Gasteiger charge is 2.14. The van der Waals surface area contributed by atoms with E-state index in [0.717, 1.165) is 9.13 Å². The van der Waals surface area contributed by atoms with Crippen LogP contribution >= 0.6 is 34.2 Å². The van der Waals surface area contributed by atoms with Gasteiger partial charge in [0, 0.05) is 10.7 Å². The van der Waals surface area contributed by atoms with Gasteiger partial charge in [-0.2, -0.15) is 5.26 Å². The van der Waals surface area contributed by atoms with E-state index in [9.17, 15) is 10.1 Å². The van der Waals surface area contributed by atoms with Crippen molar-refractivity contribution in [1.29, 1.82) is 5.26 Å². The Morgan fingerprint density at radius 3 is 2.47 bits per heavy atom. The summed E-state index contributed by atoms with van der Waals surface area (Å²) in [6, 6.07) is 20.3. The van der Waals surface area contributed by atoms with Crippen LogP contribution in [0.5, 0.6) is 11.5 Å². The van der Waals surface area contributed by atoms with Gasteiger partial charge in [0.25, 0.3) is 5.91 Å². The predicted octanol–water partition coefficient (Wildman–Crippen LogP) is 6.39. The Balaban J connectivity index is 1.80. The number of methoxy groups -OCH3 is 1. The molecular formula is C25H20ClIN2O3. The smallest absolute Gasteiger partial charge is 0.266 e. The third-order valence-corrected chi connectivity index (χ3v) is 5.59. The van der Waals surface area contributed by atoms with Crippen molar-refractivity contribution in [3.63, 3.8) is 0 Å². The number of amides is 1. The number of rotatable bonds is 7. The maximum atomic E-state index is 12.5. The van der Waals surface area contributed by atoms with Gasteiger partial charge in [0.2, 0.25) is 0 Å². The van der Waals surface area contributed by atoms with Crippen molar-refractivity contribution < 1.29 is 14.3 Å². The molecule has 0 unspecified atom stereocenters. The highest BCUT2D eigenvalue weighted by Crippen LogP contribution is 2.35. The van der Waals surface area contributed by atoms with Crippen molar-refractivity contribution in [3.05, 3.63) is 91.5 Å². The average Bonchev–Trinajstić information content (AvgIpc) is 2.79. The van der Waals surface area contributed by atoms with E-state index < -0.39 is 5.91 Å². The maximum Gasteiger partial charge on any atom is 0.266 e. The summed E-state index contributed by atoms with van der Waals surface area (Å²) >= 11 is 8.02. The van der Waals surface area contributed by atoms with Gasteiger partial charge < -0.3 is 14.8 Å². The number of aryl methyl sites for hydroxylation is 1. The molecule has 0 saturated heterocycles. The van der Waals surface area contributed by atoms with Crippen molar-refractivity contribution in [2.75, 3.05) is 12.4 Å². The molecule has 0 aromatic heterocycles. The fourth-order valence-electron chi connectivity index (χ4n) is 2.85. The number of hydrogen-bond donors (Lipinski definition) is 1. The molecule has 3 rings (SSSR count). The van der Waals surface area contributed by atoms with Crippen LogP contribution in [0.15, 0.2) is 66.2 Å². The first-order valence-electron chi connectivity index (χ1n) is 9.64. The van der Waals surface area contributed by atoms with Gasteiger partial charge in [-0.25, -0.2) is 0 Å². The number of ether oxygens (including phenoxy) is 2. The molecule has 32 heavy (non-hydrogen) atoms. The largest absolute Gasteiger partial charge is 0.493 e. The molecule has 5 nitrogen and oxygen atoms in total. The zero-order chi connectivity index (χ0) is 23.1. The minimum atomic E-state index is -0.511. The predicted molar refractivity (Wildman–Crippen MR) is 135 cm³/mol. The quantitative estimate of drug-likeness (QED) is 0.207. The Bertz CT molecular complexity index is 1180. The molecule has 1 amide bonds. The summed E-state index contributed by atoms with van der Waals surface area (Å²) < 4.78 is 12.3. The van der Waals surface area contributed by atoms with Crippen LogP contribution < -0.4 is 14.8 Å². The van der Waals surface area contributed by atoms with Crippen LogP contribution in [0.4, 0.5) is 5.69 Å². The van der Waals surface area contributed by atoms with Crippen LogP contribution in [0.3, 0.4) is 0 Å². The van der Waals surface area contributed by atoms with Crippen molar-refractivity contribution >= 4 is 51.9 Å². The Labute approximate surface area is 205 Å². The number of anilines is 1. The first-order valence-corrected chi connectivity index (χ1v) is 11.1. The molecule has 7 heteroatoms. The van der Waals surface area contributed by atoms with Crippen LogP contribution in [-0.4, -0.2) is 13.0 Å². The van der Waals surface area contributed by atoms with E-state index in [1.165, 1.54) is 11.6 Å². The Morgan fingerprint density at radius 1 is 1.16 bits per heavy atom. The number of hydrogen-bond acceptors (Lipinski definition) is 4. The summed E-state index contributed by atoms with van der Waals surface area (Å²) in [5.74, 6) is 0.615. The van der Waals surface area contributed by atoms with E-state index in [1.54, 1.807) is 37.4 Å². The molecule has 0 saturated carbocycles. The van der Waals surface area contributed by atoms with E-state index in [0.29, 0.717) is 34.4 Å². The van der Waals surface area contributed by atoms with E-state index in [-0.39, 0.29) is 5.57 Å². The van der Waals surface area contributed by atoms with Gasteiger partial charge in [0.1, 0.15) is 18.2 Å². The average molecular weight is 559 g/mol. The zero-order valence-electron chi connectivity index (χ0n) is 17.5. The number of nitriles is 1. The van der Waals surface area contributed by atoms with Gasteiger partial charge in [0.05, 0.1) is 10.7 Å². The molecular weight excluding hydrogens is 539 g/mol. The molecule has 162 valence electrons. The van der Waals surface area contributed by atoms with Gasteiger partial charge in [0.15, 0.2) is 11.5 Å². The van der Waals surface area contributed by atoms with Crippen molar-refractivity contribution in [2.45, 2.75) is 13.5 Å². The summed E-state index contributed by atoms with van der Waals surface area (Å²) in [5.41, 5.74) is 3.39. The number of halogens is 2. The molecule has 0 spiro atoms. The lowest BCUT2D eigenvalue weighted by atomic mass is 10.1. The molecule has 0 aliphatic heterocycles. The lowest BCUT2D eigenvalue weighted by Crippen LogP contribution is -2.13. The SMILES string of the molecule is COc1cc(/C=C(/C#N)C(=O)Nc2ccc(Cl)cc2)cc(I)c1OCc1ccc(C)cc1. The molecule has 0 bridgehead atoms. The normalized spacial score (nSPS) is 10.9. The fraction of sp³-hybridized carbons (Fsp3) is 0.120. The van der Waals surface area contributed by atoms with Crippen LogP contribution in [0.25, 0.3) is 6.08 Å². The summed E-state index contributed by atoms with van der Waals surface area (Å²) in [6.07, 6.45) is 1.51. The van der Waals surface area contributed by atoms with E-state index in [4.69, 9.17) is 21.1 Å². The minimum Gasteiger partial charge on any atom is -0.493 e. The third kappa shape index (κ3) is 6.25. The van der Waals surface area contributed by atoms with E-state index in [2.05, 4.69) is 27.9 Å². The number of nitrogens with zero attached hydrogens (tertiary/aromatic N) is 1. The van der Waals surface area contributed by atoms with E-state index >= 15 is 0 Å². The molecule has 1 N–H and O–H groups in total. The molecule has 3 aromatic carbocycles. The number of nitrogens with one attached hydrogen (secondary N) is 1. The molecule has 0 aliphatic carbocycles.